The topological polar surface area (TPSA) is 113 Å². The molecule has 0 saturated carbocycles. The lowest BCUT2D eigenvalue weighted by Gasteiger charge is -2.09. The molecule has 1 aromatic carbocycles. The molecule has 0 saturated heterocycles. The minimum absolute atomic E-state index is 0.566. The number of nitrogens with one attached hydrogen (secondary N) is 1. The Bertz CT molecular complexity index is 471. The fourth-order valence-electron chi connectivity index (χ4n) is 1.24. The minimum atomic E-state index is -1.30. The molecule has 0 aromatic heterocycles. The highest BCUT2D eigenvalue weighted by molar-refractivity contribution is 5.94. The highest BCUT2D eigenvalue weighted by atomic mass is 16.4. The summed E-state index contributed by atoms with van der Waals surface area (Å²) < 4.78 is 0. The van der Waals surface area contributed by atoms with Crippen molar-refractivity contribution in [3.8, 4) is 0 Å². The number of hydrogen-bond donors (Lipinski definition) is 4. The summed E-state index contributed by atoms with van der Waals surface area (Å²) in [5.41, 5.74) is 6.85. The first-order chi connectivity index (χ1) is 8.52. The van der Waals surface area contributed by atoms with E-state index >= 15 is 0 Å². The van der Waals surface area contributed by atoms with Gasteiger partial charge < -0.3 is 21.3 Å². The first kappa shape index (κ1) is 13.7. The molecule has 0 aliphatic carbocycles. The van der Waals surface area contributed by atoms with Gasteiger partial charge in [0.2, 0.25) is 5.91 Å². The van der Waals surface area contributed by atoms with Crippen molar-refractivity contribution in [2.75, 3.05) is 12.3 Å². The number of rotatable bonds is 5. The number of amides is 1. The van der Waals surface area contributed by atoms with E-state index in [1.54, 1.807) is 24.3 Å². The molecule has 6 nitrogen and oxygen atoms in total. The number of nitrogen functional groups attached to an aromatic ring is 1. The maximum Gasteiger partial charge on any atom is 0.328 e. The SMILES string of the molecule is Nc1cccc(/C=C/C(=O)NC(CO)C(=O)O)c1. The third-order valence-corrected chi connectivity index (χ3v) is 2.14. The molecular formula is C12H14N2O4. The molecule has 18 heavy (non-hydrogen) atoms. The molecule has 0 radical (unpaired) electrons. The van der Waals surface area contributed by atoms with Crippen LogP contribution < -0.4 is 11.1 Å². The van der Waals surface area contributed by atoms with Crippen LogP contribution in [-0.4, -0.2) is 34.7 Å². The Kier molecular flexibility index (Phi) is 4.89. The molecular weight excluding hydrogens is 236 g/mol. The summed E-state index contributed by atoms with van der Waals surface area (Å²) in [5.74, 6) is -1.89. The van der Waals surface area contributed by atoms with E-state index in [4.69, 9.17) is 15.9 Å². The molecule has 96 valence electrons. The molecule has 0 aliphatic heterocycles. The fourth-order valence-corrected chi connectivity index (χ4v) is 1.24. The predicted molar refractivity (Wildman–Crippen MR) is 66.5 cm³/mol. The van der Waals surface area contributed by atoms with Crippen molar-refractivity contribution in [1.82, 2.24) is 5.32 Å². The summed E-state index contributed by atoms with van der Waals surface area (Å²) in [4.78, 5) is 21.9. The van der Waals surface area contributed by atoms with Gasteiger partial charge in [0, 0.05) is 11.8 Å². The first-order valence-electron chi connectivity index (χ1n) is 5.20. The van der Waals surface area contributed by atoms with Crippen LogP contribution in [0.4, 0.5) is 5.69 Å². The molecule has 1 amide bonds. The predicted octanol–water partition coefficient (Wildman–Crippen LogP) is -0.156. The van der Waals surface area contributed by atoms with Crippen LogP contribution in [0, 0.1) is 0 Å². The molecule has 0 aliphatic rings. The second-order valence-corrected chi connectivity index (χ2v) is 3.59. The van der Waals surface area contributed by atoms with Crippen molar-refractivity contribution in [3.05, 3.63) is 35.9 Å². The molecule has 6 heteroatoms. The van der Waals surface area contributed by atoms with Crippen LogP contribution in [0.2, 0.25) is 0 Å². The van der Waals surface area contributed by atoms with Gasteiger partial charge in [0.05, 0.1) is 6.61 Å². The lowest BCUT2D eigenvalue weighted by molar-refractivity contribution is -0.142. The zero-order valence-corrected chi connectivity index (χ0v) is 9.54. The fraction of sp³-hybridized carbons (Fsp3) is 0.167. The number of carboxylic acid groups (broad SMARTS) is 1. The van der Waals surface area contributed by atoms with E-state index < -0.39 is 24.5 Å². The van der Waals surface area contributed by atoms with Crippen LogP contribution in [-0.2, 0) is 9.59 Å². The van der Waals surface area contributed by atoms with Crippen LogP contribution in [0.15, 0.2) is 30.3 Å². The van der Waals surface area contributed by atoms with Crippen molar-refractivity contribution in [3.63, 3.8) is 0 Å². The number of carbonyl (C=O) groups excluding carboxylic acids is 1. The molecule has 0 heterocycles. The van der Waals surface area contributed by atoms with E-state index in [1.165, 1.54) is 12.2 Å². The summed E-state index contributed by atoms with van der Waals surface area (Å²) in [6.07, 6.45) is 2.68. The summed E-state index contributed by atoms with van der Waals surface area (Å²) in [7, 11) is 0. The number of nitrogens with two attached hydrogens (primary N) is 1. The van der Waals surface area contributed by atoms with Crippen LogP contribution in [0.5, 0.6) is 0 Å². The Hall–Kier alpha value is -2.34. The lowest BCUT2D eigenvalue weighted by Crippen LogP contribution is -2.42. The standard InChI is InChI=1S/C12H14N2O4/c13-9-3-1-2-8(6-9)4-5-11(16)14-10(7-15)12(17)18/h1-6,10,15H,7,13H2,(H,14,16)(H,17,18)/b5-4+. The zero-order chi connectivity index (χ0) is 13.5. The summed E-state index contributed by atoms with van der Waals surface area (Å²) in [6.45, 7) is -0.660. The molecule has 0 spiro atoms. The van der Waals surface area contributed by atoms with Crippen molar-refractivity contribution in [2.45, 2.75) is 6.04 Å². The second-order valence-electron chi connectivity index (χ2n) is 3.59. The number of aliphatic hydroxyl groups excluding tert-OH is 1. The molecule has 1 rings (SSSR count). The van der Waals surface area contributed by atoms with E-state index in [0.29, 0.717) is 5.69 Å². The number of anilines is 1. The van der Waals surface area contributed by atoms with Gasteiger partial charge in [-0.2, -0.15) is 0 Å². The van der Waals surface area contributed by atoms with E-state index in [-0.39, 0.29) is 0 Å². The first-order valence-corrected chi connectivity index (χ1v) is 5.20. The van der Waals surface area contributed by atoms with E-state index in [1.807, 2.05) is 0 Å². The van der Waals surface area contributed by atoms with Gasteiger partial charge in [-0.05, 0) is 23.8 Å². The Morgan fingerprint density at radius 2 is 2.17 bits per heavy atom. The van der Waals surface area contributed by atoms with E-state index in [2.05, 4.69) is 5.32 Å². The van der Waals surface area contributed by atoms with Crippen molar-refractivity contribution in [2.24, 2.45) is 0 Å². The van der Waals surface area contributed by atoms with Gasteiger partial charge >= 0.3 is 5.97 Å². The smallest absolute Gasteiger partial charge is 0.328 e. The molecule has 5 N–H and O–H groups in total. The summed E-state index contributed by atoms with van der Waals surface area (Å²) in [5, 5.41) is 19.5. The molecule has 0 bridgehead atoms. The maximum atomic E-state index is 11.4. The van der Waals surface area contributed by atoms with Crippen LogP contribution >= 0.6 is 0 Å². The molecule has 0 fully saturated rings. The third-order valence-electron chi connectivity index (χ3n) is 2.14. The second kappa shape index (κ2) is 6.41. The van der Waals surface area contributed by atoms with Crippen LogP contribution in [0.25, 0.3) is 6.08 Å². The minimum Gasteiger partial charge on any atom is -0.480 e. The number of benzene rings is 1. The van der Waals surface area contributed by atoms with Gasteiger partial charge in [-0.15, -0.1) is 0 Å². The van der Waals surface area contributed by atoms with Gasteiger partial charge in [-0.25, -0.2) is 4.79 Å². The van der Waals surface area contributed by atoms with Gasteiger partial charge in [0.15, 0.2) is 6.04 Å². The lowest BCUT2D eigenvalue weighted by atomic mass is 10.2. The van der Waals surface area contributed by atoms with Gasteiger partial charge in [-0.3, -0.25) is 4.79 Å². The average molecular weight is 250 g/mol. The largest absolute Gasteiger partial charge is 0.480 e. The maximum absolute atomic E-state index is 11.4. The molecule has 1 atom stereocenters. The highest BCUT2D eigenvalue weighted by Crippen LogP contribution is 2.07. The van der Waals surface area contributed by atoms with Crippen LogP contribution in [0.3, 0.4) is 0 Å². The normalized spacial score (nSPS) is 12.3. The summed E-state index contributed by atoms with van der Waals surface area (Å²) in [6, 6.07) is 5.57. The van der Waals surface area contributed by atoms with Gasteiger partial charge in [0.1, 0.15) is 0 Å². The van der Waals surface area contributed by atoms with Crippen molar-refractivity contribution in [1.29, 1.82) is 0 Å². The quantitative estimate of drug-likeness (QED) is 0.428. The number of hydrogen-bond acceptors (Lipinski definition) is 4. The number of carboxylic acids is 1. The van der Waals surface area contributed by atoms with Crippen LogP contribution in [0.1, 0.15) is 5.56 Å². The van der Waals surface area contributed by atoms with E-state index in [9.17, 15) is 9.59 Å². The Balaban J connectivity index is 2.62. The average Bonchev–Trinajstić information content (AvgIpc) is 2.33. The van der Waals surface area contributed by atoms with E-state index in [0.717, 1.165) is 5.56 Å². The molecule has 1 unspecified atom stereocenters. The number of aliphatic hydroxyl groups is 1. The number of carbonyl (C=O) groups is 2. The van der Waals surface area contributed by atoms with Gasteiger partial charge in [0.25, 0.3) is 0 Å². The summed E-state index contributed by atoms with van der Waals surface area (Å²) >= 11 is 0. The Morgan fingerprint density at radius 1 is 1.44 bits per heavy atom. The molecule has 1 aromatic rings. The van der Waals surface area contributed by atoms with Crippen molar-refractivity contribution >= 4 is 23.6 Å². The Morgan fingerprint density at radius 3 is 2.72 bits per heavy atom. The highest BCUT2D eigenvalue weighted by Gasteiger charge is 2.16. The monoisotopic (exact) mass is 250 g/mol. The van der Waals surface area contributed by atoms with Gasteiger partial charge in [-0.1, -0.05) is 12.1 Å². The number of aliphatic carboxylic acids is 1. The van der Waals surface area contributed by atoms with Crippen molar-refractivity contribution < 1.29 is 19.8 Å². The third kappa shape index (κ3) is 4.26. The Labute approximate surface area is 104 Å². The zero-order valence-electron chi connectivity index (χ0n) is 9.54.